The second kappa shape index (κ2) is 10.2. The first-order chi connectivity index (χ1) is 13.4. The number of carbonyl (C=O) groups excluding carboxylic acids is 2. The molecule has 0 aliphatic rings. The van der Waals surface area contributed by atoms with Gasteiger partial charge in [-0.15, -0.1) is 0 Å². The van der Waals surface area contributed by atoms with Gasteiger partial charge in [-0.2, -0.15) is 5.10 Å². The van der Waals surface area contributed by atoms with E-state index in [4.69, 9.17) is 4.74 Å². The summed E-state index contributed by atoms with van der Waals surface area (Å²) in [7, 11) is 0. The van der Waals surface area contributed by atoms with Gasteiger partial charge in [0.25, 0.3) is 11.8 Å². The van der Waals surface area contributed by atoms with Crippen molar-refractivity contribution in [2.24, 2.45) is 11.0 Å². The minimum absolute atomic E-state index is 0.112. The van der Waals surface area contributed by atoms with Gasteiger partial charge < -0.3 is 10.1 Å². The lowest BCUT2D eigenvalue weighted by Gasteiger charge is -2.20. The molecular weight excluding hydrogens is 361 g/mol. The number of nitrogens with one attached hydrogen (secondary N) is 2. The Balaban J connectivity index is 1.98. The van der Waals surface area contributed by atoms with Crippen LogP contribution in [0.4, 0.5) is 4.39 Å². The Morgan fingerprint density at radius 3 is 2.43 bits per heavy atom. The zero-order chi connectivity index (χ0) is 20.5. The lowest BCUT2D eigenvalue weighted by molar-refractivity contribution is -0.123. The summed E-state index contributed by atoms with van der Waals surface area (Å²) >= 11 is 0. The molecule has 0 radical (unpaired) electrons. The van der Waals surface area contributed by atoms with Crippen molar-refractivity contribution in [3.63, 3.8) is 0 Å². The van der Waals surface area contributed by atoms with Gasteiger partial charge in [-0.25, -0.2) is 9.82 Å². The highest BCUT2D eigenvalue weighted by molar-refractivity contribution is 5.98. The monoisotopic (exact) mass is 385 g/mol. The van der Waals surface area contributed by atoms with Crippen molar-refractivity contribution in [2.45, 2.75) is 26.8 Å². The lowest BCUT2D eigenvalue weighted by Crippen LogP contribution is -2.48. The van der Waals surface area contributed by atoms with Gasteiger partial charge in [0.05, 0.1) is 18.4 Å². The third-order valence-electron chi connectivity index (χ3n) is 3.93. The van der Waals surface area contributed by atoms with Crippen LogP contribution < -0.4 is 15.5 Å². The van der Waals surface area contributed by atoms with Crippen LogP contribution in [0.15, 0.2) is 53.6 Å². The molecule has 6 nitrogen and oxygen atoms in total. The van der Waals surface area contributed by atoms with Gasteiger partial charge in [-0.3, -0.25) is 9.59 Å². The van der Waals surface area contributed by atoms with Crippen LogP contribution in [-0.4, -0.2) is 30.7 Å². The third-order valence-corrected chi connectivity index (χ3v) is 3.93. The summed E-state index contributed by atoms with van der Waals surface area (Å²) in [6, 6.07) is 12.0. The maximum absolute atomic E-state index is 13.8. The number of amides is 2. The number of hydrogen-bond donors (Lipinski definition) is 2. The van der Waals surface area contributed by atoms with E-state index in [1.807, 2.05) is 6.92 Å². The molecular formula is C21H24FN3O3. The number of nitrogens with zero attached hydrogens (tertiary/aromatic N) is 1. The van der Waals surface area contributed by atoms with E-state index in [1.54, 1.807) is 44.2 Å². The minimum Gasteiger partial charge on any atom is -0.494 e. The molecule has 0 saturated carbocycles. The molecule has 28 heavy (non-hydrogen) atoms. The molecule has 2 N–H and O–H groups in total. The van der Waals surface area contributed by atoms with E-state index in [0.29, 0.717) is 6.61 Å². The maximum Gasteiger partial charge on any atom is 0.262 e. The normalized spacial score (nSPS) is 12.0. The van der Waals surface area contributed by atoms with Gasteiger partial charge in [-0.1, -0.05) is 26.0 Å². The van der Waals surface area contributed by atoms with Crippen molar-refractivity contribution >= 4 is 18.0 Å². The highest BCUT2D eigenvalue weighted by atomic mass is 19.1. The fourth-order valence-corrected chi connectivity index (χ4v) is 2.46. The van der Waals surface area contributed by atoms with E-state index in [2.05, 4.69) is 15.8 Å². The van der Waals surface area contributed by atoms with Crippen molar-refractivity contribution in [1.29, 1.82) is 0 Å². The largest absolute Gasteiger partial charge is 0.494 e. The number of benzene rings is 2. The summed E-state index contributed by atoms with van der Waals surface area (Å²) in [6.07, 6.45) is 1.49. The summed E-state index contributed by atoms with van der Waals surface area (Å²) in [5, 5.41) is 6.49. The predicted octanol–water partition coefficient (Wildman–Crippen LogP) is 3.13. The average Bonchev–Trinajstić information content (AvgIpc) is 2.67. The van der Waals surface area contributed by atoms with Crippen LogP contribution in [0.1, 0.15) is 36.7 Å². The molecule has 2 amide bonds. The van der Waals surface area contributed by atoms with Crippen LogP contribution in [0.3, 0.4) is 0 Å². The molecule has 0 aliphatic heterocycles. The van der Waals surface area contributed by atoms with Gasteiger partial charge in [0.2, 0.25) is 0 Å². The topological polar surface area (TPSA) is 79.8 Å². The highest BCUT2D eigenvalue weighted by Crippen LogP contribution is 2.11. The number of hydrazone groups is 1. The van der Waals surface area contributed by atoms with Gasteiger partial charge in [0.15, 0.2) is 0 Å². The molecule has 0 heterocycles. The van der Waals surface area contributed by atoms with Crippen LogP contribution in [0.5, 0.6) is 5.75 Å². The Morgan fingerprint density at radius 2 is 1.82 bits per heavy atom. The number of halogens is 1. The molecule has 0 saturated heterocycles. The summed E-state index contributed by atoms with van der Waals surface area (Å²) in [5.41, 5.74) is 3.08. The highest BCUT2D eigenvalue weighted by Gasteiger charge is 2.25. The summed E-state index contributed by atoms with van der Waals surface area (Å²) < 4.78 is 19.1. The molecule has 0 fully saturated rings. The molecule has 148 valence electrons. The first kappa shape index (κ1) is 21.1. The zero-order valence-corrected chi connectivity index (χ0v) is 16.1. The Labute approximate surface area is 163 Å². The van der Waals surface area contributed by atoms with Crippen LogP contribution >= 0.6 is 0 Å². The van der Waals surface area contributed by atoms with E-state index in [0.717, 1.165) is 11.3 Å². The number of ether oxygens (including phenoxy) is 1. The summed E-state index contributed by atoms with van der Waals surface area (Å²) in [4.78, 5) is 24.7. The van der Waals surface area contributed by atoms with E-state index >= 15 is 0 Å². The Hall–Kier alpha value is -3.22. The quantitative estimate of drug-likeness (QED) is 0.541. The summed E-state index contributed by atoms with van der Waals surface area (Å²) in [5.74, 6) is -1.24. The van der Waals surface area contributed by atoms with E-state index in [-0.39, 0.29) is 11.5 Å². The van der Waals surface area contributed by atoms with E-state index in [9.17, 15) is 14.0 Å². The fourth-order valence-electron chi connectivity index (χ4n) is 2.46. The van der Waals surface area contributed by atoms with Crippen molar-refractivity contribution in [1.82, 2.24) is 10.7 Å². The fraction of sp³-hybridized carbons (Fsp3) is 0.286. The molecule has 1 atom stereocenters. The van der Waals surface area contributed by atoms with Crippen molar-refractivity contribution in [3.8, 4) is 5.75 Å². The SMILES string of the molecule is CCOc1ccc(/C=N/NC(=O)C(NC(=O)c2ccccc2F)C(C)C)cc1. The number of hydrogen-bond acceptors (Lipinski definition) is 4. The maximum atomic E-state index is 13.8. The molecule has 0 bridgehead atoms. The zero-order valence-electron chi connectivity index (χ0n) is 16.1. The number of rotatable bonds is 8. The van der Waals surface area contributed by atoms with Crippen molar-refractivity contribution < 1.29 is 18.7 Å². The van der Waals surface area contributed by atoms with E-state index < -0.39 is 23.7 Å². The van der Waals surface area contributed by atoms with Crippen LogP contribution in [0.25, 0.3) is 0 Å². The first-order valence-electron chi connectivity index (χ1n) is 9.03. The Morgan fingerprint density at radius 1 is 1.14 bits per heavy atom. The van der Waals surface area contributed by atoms with Gasteiger partial charge in [0, 0.05) is 0 Å². The molecule has 2 aromatic carbocycles. The molecule has 2 aromatic rings. The summed E-state index contributed by atoms with van der Waals surface area (Å²) in [6.45, 7) is 6.05. The molecule has 0 spiro atoms. The third kappa shape index (κ3) is 5.90. The molecule has 7 heteroatoms. The molecule has 2 rings (SSSR count). The van der Waals surface area contributed by atoms with Crippen LogP contribution in [0.2, 0.25) is 0 Å². The predicted molar refractivity (Wildman–Crippen MR) is 106 cm³/mol. The van der Waals surface area contributed by atoms with Crippen LogP contribution in [0, 0.1) is 11.7 Å². The second-order valence-electron chi connectivity index (χ2n) is 6.41. The van der Waals surface area contributed by atoms with Gasteiger partial charge in [0.1, 0.15) is 17.6 Å². The smallest absolute Gasteiger partial charge is 0.262 e. The minimum atomic E-state index is -0.857. The molecule has 0 aliphatic carbocycles. The van der Waals surface area contributed by atoms with Gasteiger partial charge in [-0.05, 0) is 54.8 Å². The van der Waals surface area contributed by atoms with Gasteiger partial charge >= 0.3 is 0 Å². The standard InChI is InChI=1S/C21H24FN3O3/c1-4-28-16-11-9-15(10-12-16)13-23-25-21(27)19(14(2)3)24-20(26)17-7-5-6-8-18(17)22/h5-14,19H,4H2,1-3H3,(H,24,26)(H,25,27)/b23-13+. The Bertz CT molecular complexity index is 835. The second-order valence-corrected chi connectivity index (χ2v) is 6.41. The molecule has 1 unspecified atom stereocenters. The van der Waals surface area contributed by atoms with E-state index in [1.165, 1.54) is 24.4 Å². The first-order valence-corrected chi connectivity index (χ1v) is 9.03. The van der Waals surface area contributed by atoms with Crippen molar-refractivity contribution in [3.05, 3.63) is 65.5 Å². The number of carbonyl (C=O) groups is 2. The molecule has 0 aromatic heterocycles. The Kier molecular flexibility index (Phi) is 7.68. The lowest BCUT2D eigenvalue weighted by atomic mass is 10.0. The van der Waals surface area contributed by atoms with Crippen molar-refractivity contribution in [2.75, 3.05) is 6.61 Å². The average molecular weight is 385 g/mol. The van der Waals surface area contributed by atoms with Crippen LogP contribution in [-0.2, 0) is 4.79 Å².